The zero-order valence-corrected chi connectivity index (χ0v) is 14.6. The summed E-state index contributed by atoms with van der Waals surface area (Å²) in [5.41, 5.74) is 2.81. The van der Waals surface area contributed by atoms with Crippen molar-refractivity contribution >= 4 is 29.1 Å². The van der Waals surface area contributed by atoms with Crippen molar-refractivity contribution in [1.82, 2.24) is 10.3 Å². The Morgan fingerprint density at radius 3 is 2.84 bits per heavy atom. The van der Waals surface area contributed by atoms with E-state index in [1.54, 1.807) is 6.20 Å². The van der Waals surface area contributed by atoms with Gasteiger partial charge in [0.1, 0.15) is 6.61 Å². The fraction of sp³-hybridized carbons (Fsp3) is 0.333. The van der Waals surface area contributed by atoms with Gasteiger partial charge in [0, 0.05) is 12.7 Å². The largest absolute Gasteiger partial charge is 0.445 e. The molecule has 0 saturated carbocycles. The van der Waals surface area contributed by atoms with Crippen molar-refractivity contribution in [1.29, 1.82) is 0 Å². The summed E-state index contributed by atoms with van der Waals surface area (Å²) in [7, 11) is 0. The van der Waals surface area contributed by atoms with E-state index in [0.29, 0.717) is 11.7 Å². The van der Waals surface area contributed by atoms with Crippen LogP contribution in [0.1, 0.15) is 24.8 Å². The molecular weight excluding hydrogens is 340 g/mol. The number of hydrogen-bond acceptors (Lipinski definition) is 5. The number of alkyl carbamates (subject to hydrolysis) is 1. The highest BCUT2D eigenvalue weighted by Gasteiger charge is 2.21. The molecule has 2 aromatic rings. The molecular formula is C18H21ClN4O2. The number of nitrogens with one attached hydrogen (secondary N) is 3. The molecule has 1 aliphatic heterocycles. The molecule has 0 fully saturated rings. The molecule has 0 spiro atoms. The zero-order chi connectivity index (χ0) is 17.5. The second-order valence-corrected chi connectivity index (χ2v) is 6.21. The maximum absolute atomic E-state index is 11.6. The summed E-state index contributed by atoms with van der Waals surface area (Å²) in [6, 6.07) is 11.5. The summed E-state index contributed by atoms with van der Waals surface area (Å²) >= 11 is 6.05. The van der Waals surface area contributed by atoms with Crippen LogP contribution in [0.4, 0.5) is 16.2 Å². The van der Waals surface area contributed by atoms with Crippen molar-refractivity contribution in [3.8, 4) is 0 Å². The Bertz CT molecular complexity index is 711. The van der Waals surface area contributed by atoms with E-state index in [4.69, 9.17) is 16.3 Å². The van der Waals surface area contributed by atoms with Gasteiger partial charge in [-0.2, -0.15) is 0 Å². The van der Waals surface area contributed by atoms with E-state index >= 15 is 0 Å². The first-order valence-corrected chi connectivity index (χ1v) is 8.72. The van der Waals surface area contributed by atoms with Crippen LogP contribution in [-0.2, 0) is 11.3 Å². The van der Waals surface area contributed by atoms with E-state index in [9.17, 15) is 4.79 Å². The number of benzene rings is 1. The summed E-state index contributed by atoms with van der Waals surface area (Å²) in [4.78, 5) is 15.7. The lowest BCUT2D eigenvalue weighted by atomic mass is 10.2. The van der Waals surface area contributed by atoms with Crippen molar-refractivity contribution in [3.05, 3.63) is 53.3 Å². The highest BCUT2D eigenvalue weighted by atomic mass is 35.5. The second kappa shape index (κ2) is 8.58. The third-order valence-electron chi connectivity index (χ3n) is 3.95. The molecule has 7 heteroatoms. The predicted octanol–water partition coefficient (Wildman–Crippen LogP) is 4.00. The Morgan fingerprint density at radius 2 is 2.04 bits per heavy atom. The summed E-state index contributed by atoms with van der Waals surface area (Å²) in [6.45, 7) is 0.880. The zero-order valence-electron chi connectivity index (χ0n) is 13.8. The summed E-state index contributed by atoms with van der Waals surface area (Å²) < 4.78 is 5.17. The lowest BCUT2D eigenvalue weighted by Gasteiger charge is -2.12. The normalized spacial score (nSPS) is 15.0. The highest BCUT2D eigenvalue weighted by Crippen LogP contribution is 2.34. The first kappa shape index (κ1) is 17.4. The average molecular weight is 361 g/mol. The van der Waals surface area contributed by atoms with Gasteiger partial charge in [-0.1, -0.05) is 41.9 Å². The van der Waals surface area contributed by atoms with Gasteiger partial charge in [-0.3, -0.25) is 0 Å². The third kappa shape index (κ3) is 5.00. The number of anilines is 2. The lowest BCUT2D eigenvalue weighted by Crippen LogP contribution is -2.26. The van der Waals surface area contributed by atoms with Crippen molar-refractivity contribution in [2.45, 2.75) is 32.0 Å². The molecule has 1 atom stereocenters. The first-order valence-electron chi connectivity index (χ1n) is 8.34. The van der Waals surface area contributed by atoms with E-state index in [1.807, 2.05) is 36.4 Å². The molecule has 1 unspecified atom stereocenters. The lowest BCUT2D eigenvalue weighted by molar-refractivity contribution is 0.139. The maximum atomic E-state index is 11.6. The van der Waals surface area contributed by atoms with Gasteiger partial charge in [0.15, 0.2) is 5.15 Å². The Morgan fingerprint density at radius 1 is 1.20 bits per heavy atom. The maximum Gasteiger partial charge on any atom is 0.407 e. The number of nitrogens with zero attached hydrogens (tertiary/aromatic N) is 1. The number of carbonyl (C=O) groups is 1. The number of unbranched alkanes of at least 4 members (excludes halogenated alkanes) is 1. The van der Waals surface area contributed by atoms with Crippen LogP contribution in [0, 0.1) is 0 Å². The van der Waals surface area contributed by atoms with Crippen LogP contribution >= 0.6 is 11.6 Å². The minimum atomic E-state index is -0.383. The molecule has 1 aliphatic rings. The Labute approximate surface area is 151 Å². The smallest absolute Gasteiger partial charge is 0.407 e. The van der Waals surface area contributed by atoms with Gasteiger partial charge in [-0.05, 0) is 30.9 Å². The van der Waals surface area contributed by atoms with Crippen LogP contribution in [-0.4, -0.2) is 23.8 Å². The highest BCUT2D eigenvalue weighted by molar-refractivity contribution is 6.32. The molecule has 1 aromatic heterocycles. The Balaban J connectivity index is 1.27. The Hall–Kier alpha value is -2.47. The first-order chi connectivity index (χ1) is 12.2. The molecule has 1 aromatic carbocycles. The van der Waals surface area contributed by atoms with E-state index in [2.05, 4.69) is 20.9 Å². The number of hydrogen-bond donors (Lipinski definition) is 3. The molecule has 132 valence electrons. The standard InChI is InChI=1S/C18H21ClN4O2/c19-17-16-14(9-11-20-17)22-15(23-16)8-4-5-10-21-18(24)25-12-13-6-2-1-3-7-13/h1-3,6-7,9,11,15,22-23H,4-5,8,10,12H2,(H,21,24). The number of carbonyl (C=O) groups excluding carboxylic acids is 1. The van der Waals surface area contributed by atoms with Crippen LogP contribution in [0.5, 0.6) is 0 Å². The molecule has 3 rings (SSSR count). The van der Waals surface area contributed by atoms with Crippen molar-refractivity contribution in [2.75, 3.05) is 17.2 Å². The average Bonchev–Trinajstić information content (AvgIpc) is 3.05. The van der Waals surface area contributed by atoms with E-state index in [0.717, 1.165) is 36.2 Å². The van der Waals surface area contributed by atoms with Crippen LogP contribution in [0.3, 0.4) is 0 Å². The fourth-order valence-electron chi connectivity index (χ4n) is 2.67. The van der Waals surface area contributed by atoms with Crippen molar-refractivity contribution in [2.24, 2.45) is 0 Å². The van der Waals surface area contributed by atoms with Gasteiger partial charge < -0.3 is 20.7 Å². The van der Waals surface area contributed by atoms with Gasteiger partial charge in [0.05, 0.1) is 17.5 Å². The van der Waals surface area contributed by atoms with Crippen molar-refractivity contribution < 1.29 is 9.53 Å². The minimum Gasteiger partial charge on any atom is -0.445 e. The number of ether oxygens (including phenoxy) is 1. The summed E-state index contributed by atoms with van der Waals surface area (Å²) in [5, 5.41) is 9.94. The number of aromatic nitrogens is 1. The van der Waals surface area contributed by atoms with Crippen LogP contribution in [0.15, 0.2) is 42.6 Å². The van der Waals surface area contributed by atoms with Crippen LogP contribution < -0.4 is 16.0 Å². The summed E-state index contributed by atoms with van der Waals surface area (Å²) in [5.74, 6) is 0. The molecule has 3 N–H and O–H groups in total. The molecule has 25 heavy (non-hydrogen) atoms. The minimum absolute atomic E-state index is 0.140. The Kier molecular flexibility index (Phi) is 5.95. The van der Waals surface area contributed by atoms with Crippen LogP contribution in [0.2, 0.25) is 5.15 Å². The second-order valence-electron chi connectivity index (χ2n) is 5.85. The third-order valence-corrected chi connectivity index (χ3v) is 4.24. The number of amides is 1. The molecule has 2 heterocycles. The quantitative estimate of drug-likeness (QED) is 0.514. The number of pyridine rings is 1. The SMILES string of the molecule is O=C(NCCCCC1Nc2ccnc(Cl)c2N1)OCc1ccccc1. The molecule has 6 nitrogen and oxygen atoms in total. The van der Waals surface area contributed by atoms with Gasteiger partial charge >= 0.3 is 6.09 Å². The van der Waals surface area contributed by atoms with E-state index in [1.165, 1.54) is 0 Å². The molecule has 0 saturated heterocycles. The molecule has 0 aliphatic carbocycles. The number of rotatable bonds is 7. The molecule has 0 radical (unpaired) electrons. The number of fused-ring (bicyclic) bond motifs is 1. The van der Waals surface area contributed by atoms with Gasteiger partial charge in [0.2, 0.25) is 0 Å². The molecule has 1 amide bonds. The van der Waals surface area contributed by atoms with E-state index in [-0.39, 0.29) is 18.9 Å². The fourth-order valence-corrected chi connectivity index (χ4v) is 2.89. The topological polar surface area (TPSA) is 75.3 Å². The predicted molar refractivity (Wildman–Crippen MR) is 98.8 cm³/mol. The number of halogens is 1. The van der Waals surface area contributed by atoms with Gasteiger partial charge in [0.25, 0.3) is 0 Å². The van der Waals surface area contributed by atoms with Crippen molar-refractivity contribution in [3.63, 3.8) is 0 Å². The van der Waals surface area contributed by atoms with Gasteiger partial charge in [-0.25, -0.2) is 9.78 Å². The van der Waals surface area contributed by atoms with Gasteiger partial charge in [-0.15, -0.1) is 0 Å². The summed E-state index contributed by atoms with van der Waals surface area (Å²) in [6.07, 6.45) is 4.20. The van der Waals surface area contributed by atoms with Crippen LogP contribution in [0.25, 0.3) is 0 Å². The van der Waals surface area contributed by atoms with E-state index < -0.39 is 0 Å². The monoisotopic (exact) mass is 360 g/mol. The molecule has 0 bridgehead atoms.